The number of methoxy groups -OCH3 is 1. The molecular weight excluding hydrogens is 344 g/mol. The largest absolute Gasteiger partial charge is 0.497 e. The zero-order chi connectivity index (χ0) is 18.0. The monoisotopic (exact) mass is 364 g/mol. The van der Waals surface area contributed by atoms with Crippen LogP contribution in [-0.4, -0.2) is 49.1 Å². The third-order valence-electron chi connectivity index (χ3n) is 4.25. The van der Waals surface area contributed by atoms with Gasteiger partial charge in [-0.15, -0.1) is 0 Å². The van der Waals surface area contributed by atoms with Gasteiger partial charge in [-0.3, -0.25) is 9.48 Å². The van der Waals surface area contributed by atoms with E-state index in [1.165, 1.54) is 23.5 Å². The molecule has 0 bridgehead atoms. The minimum absolute atomic E-state index is 0.157. The molecule has 0 spiro atoms. The molecule has 25 heavy (non-hydrogen) atoms. The average Bonchev–Trinajstić information content (AvgIpc) is 3.10. The van der Waals surface area contributed by atoms with Gasteiger partial charge in [-0.2, -0.15) is 9.40 Å². The molecule has 1 aromatic carbocycles. The van der Waals surface area contributed by atoms with Crippen molar-refractivity contribution in [3.63, 3.8) is 0 Å². The van der Waals surface area contributed by atoms with Crippen molar-refractivity contribution < 1.29 is 17.9 Å². The Morgan fingerprint density at radius 2 is 2.04 bits per heavy atom. The van der Waals surface area contributed by atoms with Crippen LogP contribution in [-0.2, 0) is 21.4 Å². The first-order chi connectivity index (χ1) is 12.0. The lowest BCUT2D eigenvalue weighted by atomic mass is 10.1. The number of amides is 1. The van der Waals surface area contributed by atoms with Gasteiger partial charge in [0.05, 0.1) is 36.7 Å². The second-order valence-electron chi connectivity index (χ2n) is 5.77. The Labute approximate surface area is 146 Å². The Morgan fingerprint density at radius 3 is 2.68 bits per heavy atom. The molecule has 0 fully saturated rings. The number of hydrogen-bond acceptors (Lipinski definition) is 5. The van der Waals surface area contributed by atoms with Crippen molar-refractivity contribution in [2.24, 2.45) is 0 Å². The van der Waals surface area contributed by atoms with Crippen LogP contribution in [0.1, 0.15) is 18.2 Å². The number of sulfonamides is 1. The van der Waals surface area contributed by atoms with Crippen LogP contribution in [0.5, 0.6) is 5.75 Å². The fourth-order valence-corrected chi connectivity index (χ4v) is 4.35. The molecule has 0 radical (unpaired) electrons. The molecule has 0 saturated heterocycles. The smallest absolute Gasteiger partial charge is 0.243 e. The fraction of sp³-hybridized carbons (Fsp3) is 0.375. The van der Waals surface area contributed by atoms with E-state index in [-0.39, 0.29) is 36.4 Å². The topological polar surface area (TPSA) is 93.5 Å². The van der Waals surface area contributed by atoms with Crippen molar-refractivity contribution in [2.75, 3.05) is 20.7 Å². The minimum atomic E-state index is -3.68. The summed E-state index contributed by atoms with van der Waals surface area (Å²) in [4.78, 5) is 12.0. The van der Waals surface area contributed by atoms with Crippen LogP contribution in [0.2, 0.25) is 0 Å². The Balaban J connectivity index is 1.90. The second kappa shape index (κ2) is 6.85. The number of carbonyl (C=O) groups is 1. The molecule has 1 N–H and O–H groups in total. The van der Waals surface area contributed by atoms with Crippen molar-refractivity contribution in [3.05, 3.63) is 42.2 Å². The highest BCUT2D eigenvalue weighted by Crippen LogP contribution is 2.28. The number of nitrogens with one attached hydrogen (secondary N) is 1. The lowest BCUT2D eigenvalue weighted by Crippen LogP contribution is -2.42. The second-order valence-corrected chi connectivity index (χ2v) is 7.71. The minimum Gasteiger partial charge on any atom is -0.497 e. The van der Waals surface area contributed by atoms with E-state index in [1.54, 1.807) is 36.1 Å². The van der Waals surface area contributed by atoms with Crippen LogP contribution in [0.4, 0.5) is 0 Å². The maximum atomic E-state index is 13.0. The number of nitrogens with zero attached hydrogens (tertiary/aromatic N) is 3. The highest BCUT2D eigenvalue weighted by molar-refractivity contribution is 7.89. The van der Waals surface area contributed by atoms with Crippen molar-refractivity contribution in [3.8, 4) is 5.75 Å². The number of fused-ring (bicyclic) bond motifs is 1. The molecule has 9 heteroatoms. The summed E-state index contributed by atoms with van der Waals surface area (Å²) in [7, 11) is -0.595. The maximum Gasteiger partial charge on any atom is 0.243 e. The van der Waals surface area contributed by atoms with E-state index in [1.807, 2.05) is 0 Å². The van der Waals surface area contributed by atoms with E-state index < -0.39 is 10.0 Å². The summed E-state index contributed by atoms with van der Waals surface area (Å²) in [6.45, 7) is 0.412. The molecule has 1 amide bonds. The van der Waals surface area contributed by atoms with Gasteiger partial charge in [-0.25, -0.2) is 8.42 Å². The molecule has 0 aliphatic carbocycles. The van der Waals surface area contributed by atoms with Crippen molar-refractivity contribution in [1.82, 2.24) is 19.4 Å². The number of benzene rings is 1. The molecule has 3 rings (SSSR count). The third-order valence-corrected chi connectivity index (χ3v) is 6.07. The van der Waals surface area contributed by atoms with Gasteiger partial charge in [-0.1, -0.05) is 0 Å². The van der Waals surface area contributed by atoms with Gasteiger partial charge >= 0.3 is 0 Å². The lowest BCUT2D eigenvalue weighted by molar-refractivity contribution is -0.121. The van der Waals surface area contributed by atoms with Gasteiger partial charge in [0.1, 0.15) is 5.75 Å². The molecule has 8 nitrogen and oxygen atoms in total. The van der Waals surface area contributed by atoms with Crippen molar-refractivity contribution in [2.45, 2.75) is 23.9 Å². The number of aromatic nitrogens is 2. The van der Waals surface area contributed by atoms with Gasteiger partial charge < -0.3 is 10.1 Å². The van der Waals surface area contributed by atoms with Crippen LogP contribution in [0.15, 0.2) is 41.4 Å². The van der Waals surface area contributed by atoms with Crippen LogP contribution >= 0.6 is 0 Å². The van der Waals surface area contributed by atoms with E-state index in [2.05, 4.69) is 10.4 Å². The molecule has 1 atom stereocenters. The molecule has 1 aliphatic heterocycles. The molecule has 1 aliphatic rings. The number of ether oxygens (including phenoxy) is 1. The van der Waals surface area contributed by atoms with Crippen LogP contribution in [0.3, 0.4) is 0 Å². The Bertz CT molecular complexity index is 861. The summed E-state index contributed by atoms with van der Waals surface area (Å²) in [5.41, 5.74) is 0.761. The van der Waals surface area contributed by atoms with Crippen molar-refractivity contribution in [1.29, 1.82) is 0 Å². The molecule has 0 unspecified atom stereocenters. The Kier molecular flexibility index (Phi) is 4.78. The van der Waals surface area contributed by atoms with Crippen LogP contribution in [0.25, 0.3) is 0 Å². The molecular formula is C16H20N4O4S. The van der Waals surface area contributed by atoms with Gasteiger partial charge in [0.15, 0.2) is 0 Å². The number of rotatable bonds is 5. The van der Waals surface area contributed by atoms with Gasteiger partial charge in [-0.05, 0) is 30.3 Å². The zero-order valence-corrected chi connectivity index (χ0v) is 14.9. The summed E-state index contributed by atoms with van der Waals surface area (Å²) in [5.74, 6) is 0.434. The summed E-state index contributed by atoms with van der Waals surface area (Å²) in [5, 5.41) is 6.81. The van der Waals surface area contributed by atoms with Crippen molar-refractivity contribution >= 4 is 15.9 Å². The SMILES string of the molecule is CNC(=O)C[C@H]1CN(S(=O)(=O)c2ccc(OC)cc2)Cc2ccnn21. The number of carbonyl (C=O) groups excluding carboxylic acids is 1. The average molecular weight is 364 g/mol. The molecule has 134 valence electrons. The van der Waals surface area contributed by atoms with E-state index in [0.717, 1.165) is 5.69 Å². The predicted octanol–water partition coefficient (Wildman–Crippen LogP) is 0.773. The predicted molar refractivity (Wildman–Crippen MR) is 90.5 cm³/mol. The molecule has 1 aromatic heterocycles. The first-order valence-corrected chi connectivity index (χ1v) is 9.27. The van der Waals surface area contributed by atoms with Crippen LogP contribution < -0.4 is 10.1 Å². The van der Waals surface area contributed by atoms with E-state index in [0.29, 0.717) is 5.75 Å². The van der Waals surface area contributed by atoms with Crippen LogP contribution in [0, 0.1) is 0 Å². The summed E-state index contributed by atoms with van der Waals surface area (Å²) in [6, 6.07) is 7.70. The van der Waals surface area contributed by atoms with Gasteiger partial charge in [0.2, 0.25) is 15.9 Å². The van der Waals surface area contributed by atoms with Gasteiger partial charge in [0.25, 0.3) is 0 Å². The zero-order valence-electron chi connectivity index (χ0n) is 14.0. The van der Waals surface area contributed by atoms with E-state index in [4.69, 9.17) is 4.74 Å². The first kappa shape index (κ1) is 17.4. The highest BCUT2D eigenvalue weighted by atomic mass is 32.2. The maximum absolute atomic E-state index is 13.0. The fourth-order valence-electron chi connectivity index (χ4n) is 2.90. The summed E-state index contributed by atoms with van der Waals surface area (Å²) >= 11 is 0. The Morgan fingerprint density at radius 1 is 1.32 bits per heavy atom. The third kappa shape index (κ3) is 3.38. The molecule has 2 heterocycles. The van der Waals surface area contributed by atoms with E-state index in [9.17, 15) is 13.2 Å². The standard InChI is InChI=1S/C16H20N4O4S/c1-17-16(21)9-13-11-19(10-12-7-8-18-20(12)13)25(22,23)15-5-3-14(24-2)4-6-15/h3-8,13H,9-11H2,1-2H3,(H,17,21)/t13-/m0/s1. The quantitative estimate of drug-likeness (QED) is 0.846. The molecule has 2 aromatic rings. The normalized spacial score (nSPS) is 17.8. The number of hydrogen-bond donors (Lipinski definition) is 1. The summed E-state index contributed by atoms with van der Waals surface area (Å²) in [6.07, 6.45) is 1.79. The lowest BCUT2D eigenvalue weighted by Gasteiger charge is -2.32. The first-order valence-electron chi connectivity index (χ1n) is 7.83. The van der Waals surface area contributed by atoms with E-state index >= 15 is 0 Å². The summed E-state index contributed by atoms with van der Waals surface area (Å²) < 4.78 is 34.1. The Hall–Kier alpha value is -2.39. The molecule has 0 saturated carbocycles. The van der Waals surface area contributed by atoms with Gasteiger partial charge in [0, 0.05) is 19.8 Å². The highest BCUT2D eigenvalue weighted by Gasteiger charge is 2.34.